The average molecular weight is 260 g/mol. The fourth-order valence-corrected chi connectivity index (χ4v) is 2.67. The van der Waals surface area contributed by atoms with Gasteiger partial charge in [-0.3, -0.25) is 4.79 Å². The first-order valence-electron chi connectivity index (χ1n) is 7.36. The standard InChI is InChI=1S/C16H24N2O/c1-2-17-10-5-11-18-16(19)15-9-8-13-6-3-4-7-14(13)12-15/h3-4,6-7,15,17H,2,5,8-12H2,1H3,(H,18,19). The molecule has 1 atom stereocenters. The van der Waals surface area contributed by atoms with Crippen molar-refractivity contribution in [2.45, 2.75) is 32.6 Å². The van der Waals surface area contributed by atoms with Crippen molar-refractivity contribution in [3.8, 4) is 0 Å². The zero-order chi connectivity index (χ0) is 13.5. The maximum Gasteiger partial charge on any atom is 0.223 e. The Morgan fingerprint density at radius 3 is 2.84 bits per heavy atom. The summed E-state index contributed by atoms with van der Waals surface area (Å²) in [4.78, 5) is 12.1. The summed E-state index contributed by atoms with van der Waals surface area (Å²) in [5, 5.41) is 6.33. The summed E-state index contributed by atoms with van der Waals surface area (Å²) in [5.74, 6) is 0.389. The molecule has 1 aliphatic carbocycles. The summed E-state index contributed by atoms with van der Waals surface area (Å²) < 4.78 is 0. The van der Waals surface area contributed by atoms with Crippen molar-refractivity contribution in [3.63, 3.8) is 0 Å². The molecule has 104 valence electrons. The summed E-state index contributed by atoms with van der Waals surface area (Å²) in [6.45, 7) is 4.85. The molecule has 0 fully saturated rings. The second-order valence-corrected chi connectivity index (χ2v) is 5.21. The third kappa shape index (κ3) is 4.06. The molecule has 3 nitrogen and oxygen atoms in total. The number of nitrogens with one attached hydrogen (secondary N) is 2. The number of fused-ring (bicyclic) bond motifs is 1. The molecular formula is C16H24N2O. The topological polar surface area (TPSA) is 41.1 Å². The maximum atomic E-state index is 12.1. The van der Waals surface area contributed by atoms with E-state index in [0.717, 1.165) is 45.3 Å². The molecule has 0 saturated heterocycles. The minimum absolute atomic E-state index is 0.161. The van der Waals surface area contributed by atoms with Gasteiger partial charge in [0.2, 0.25) is 5.91 Å². The Labute approximate surface area is 115 Å². The van der Waals surface area contributed by atoms with Crippen molar-refractivity contribution < 1.29 is 4.79 Å². The van der Waals surface area contributed by atoms with Gasteiger partial charge in [-0.25, -0.2) is 0 Å². The minimum atomic E-state index is 0.161. The molecule has 0 saturated carbocycles. The second kappa shape index (κ2) is 7.29. The van der Waals surface area contributed by atoms with E-state index in [2.05, 4.69) is 41.8 Å². The number of hydrogen-bond donors (Lipinski definition) is 2. The number of carbonyl (C=O) groups is 1. The van der Waals surface area contributed by atoms with Gasteiger partial charge in [0.15, 0.2) is 0 Å². The van der Waals surface area contributed by atoms with Crippen LogP contribution in [0.2, 0.25) is 0 Å². The molecule has 0 heterocycles. The van der Waals surface area contributed by atoms with Gasteiger partial charge < -0.3 is 10.6 Å². The fraction of sp³-hybridized carbons (Fsp3) is 0.562. The first-order chi connectivity index (χ1) is 9.31. The van der Waals surface area contributed by atoms with Gasteiger partial charge in [0.1, 0.15) is 0 Å². The predicted octanol–water partition coefficient (Wildman–Crippen LogP) is 1.91. The monoisotopic (exact) mass is 260 g/mol. The molecule has 19 heavy (non-hydrogen) atoms. The predicted molar refractivity (Wildman–Crippen MR) is 78.1 cm³/mol. The van der Waals surface area contributed by atoms with E-state index in [4.69, 9.17) is 0 Å². The van der Waals surface area contributed by atoms with Gasteiger partial charge in [-0.2, -0.15) is 0 Å². The number of rotatable bonds is 6. The van der Waals surface area contributed by atoms with Crippen molar-refractivity contribution in [1.29, 1.82) is 0 Å². The highest BCUT2D eigenvalue weighted by Crippen LogP contribution is 2.25. The van der Waals surface area contributed by atoms with Gasteiger partial charge in [0.05, 0.1) is 0 Å². The van der Waals surface area contributed by atoms with E-state index in [1.54, 1.807) is 0 Å². The van der Waals surface area contributed by atoms with E-state index in [-0.39, 0.29) is 11.8 Å². The van der Waals surface area contributed by atoms with Crippen LogP contribution in [0.1, 0.15) is 30.9 Å². The summed E-state index contributed by atoms with van der Waals surface area (Å²) in [7, 11) is 0. The van der Waals surface area contributed by atoms with Crippen LogP contribution >= 0.6 is 0 Å². The van der Waals surface area contributed by atoms with E-state index >= 15 is 0 Å². The van der Waals surface area contributed by atoms with Crippen LogP contribution in [-0.2, 0) is 17.6 Å². The number of carbonyl (C=O) groups excluding carboxylic acids is 1. The van der Waals surface area contributed by atoms with E-state index < -0.39 is 0 Å². The molecule has 2 rings (SSSR count). The lowest BCUT2D eigenvalue weighted by Gasteiger charge is -2.23. The number of benzene rings is 1. The highest BCUT2D eigenvalue weighted by molar-refractivity contribution is 5.79. The van der Waals surface area contributed by atoms with Gasteiger partial charge in [-0.05, 0) is 49.9 Å². The maximum absolute atomic E-state index is 12.1. The van der Waals surface area contributed by atoms with E-state index in [1.165, 1.54) is 11.1 Å². The number of hydrogen-bond acceptors (Lipinski definition) is 2. The normalized spacial score (nSPS) is 17.8. The lowest BCUT2D eigenvalue weighted by molar-refractivity contribution is -0.125. The van der Waals surface area contributed by atoms with Crippen molar-refractivity contribution in [1.82, 2.24) is 10.6 Å². The summed E-state index contributed by atoms with van der Waals surface area (Å²) >= 11 is 0. The molecule has 0 aliphatic heterocycles. The summed E-state index contributed by atoms with van der Waals surface area (Å²) in [6.07, 6.45) is 3.92. The quantitative estimate of drug-likeness (QED) is 0.767. The SMILES string of the molecule is CCNCCCNC(=O)C1CCc2ccccc2C1. The third-order valence-electron chi connectivity index (χ3n) is 3.80. The Morgan fingerprint density at radius 1 is 1.26 bits per heavy atom. The molecule has 1 amide bonds. The molecule has 1 aromatic rings. The molecule has 1 unspecified atom stereocenters. The summed E-state index contributed by atoms with van der Waals surface area (Å²) in [6, 6.07) is 8.48. The fourth-order valence-electron chi connectivity index (χ4n) is 2.67. The van der Waals surface area contributed by atoms with Crippen LogP contribution in [-0.4, -0.2) is 25.5 Å². The Kier molecular flexibility index (Phi) is 5.40. The van der Waals surface area contributed by atoms with Gasteiger partial charge in [0.25, 0.3) is 0 Å². The van der Waals surface area contributed by atoms with Gasteiger partial charge in [-0.1, -0.05) is 31.2 Å². The molecule has 1 aliphatic rings. The zero-order valence-electron chi connectivity index (χ0n) is 11.7. The summed E-state index contributed by atoms with van der Waals surface area (Å²) in [5.41, 5.74) is 2.76. The van der Waals surface area contributed by atoms with Crippen LogP contribution in [0.25, 0.3) is 0 Å². The molecule has 0 radical (unpaired) electrons. The van der Waals surface area contributed by atoms with Gasteiger partial charge in [-0.15, -0.1) is 0 Å². The average Bonchev–Trinajstić information content (AvgIpc) is 2.46. The van der Waals surface area contributed by atoms with Crippen molar-refractivity contribution in [3.05, 3.63) is 35.4 Å². The first kappa shape index (κ1) is 14.1. The lowest BCUT2D eigenvalue weighted by Crippen LogP contribution is -2.35. The molecular weight excluding hydrogens is 236 g/mol. The van der Waals surface area contributed by atoms with Crippen LogP contribution in [0.15, 0.2) is 24.3 Å². The van der Waals surface area contributed by atoms with E-state index in [9.17, 15) is 4.79 Å². The van der Waals surface area contributed by atoms with E-state index in [0.29, 0.717) is 0 Å². The van der Waals surface area contributed by atoms with E-state index in [1.807, 2.05) is 0 Å². The lowest BCUT2D eigenvalue weighted by atomic mass is 9.83. The highest BCUT2D eigenvalue weighted by atomic mass is 16.1. The molecule has 0 aromatic heterocycles. The Balaban J connectivity index is 1.76. The Morgan fingerprint density at radius 2 is 2.05 bits per heavy atom. The third-order valence-corrected chi connectivity index (χ3v) is 3.80. The minimum Gasteiger partial charge on any atom is -0.356 e. The van der Waals surface area contributed by atoms with Crippen LogP contribution in [0.3, 0.4) is 0 Å². The van der Waals surface area contributed by atoms with Crippen molar-refractivity contribution in [2.24, 2.45) is 5.92 Å². The molecule has 2 N–H and O–H groups in total. The van der Waals surface area contributed by atoms with Crippen molar-refractivity contribution >= 4 is 5.91 Å². The van der Waals surface area contributed by atoms with Crippen LogP contribution < -0.4 is 10.6 Å². The molecule has 0 spiro atoms. The second-order valence-electron chi connectivity index (χ2n) is 5.21. The smallest absolute Gasteiger partial charge is 0.223 e. The van der Waals surface area contributed by atoms with Gasteiger partial charge >= 0.3 is 0 Å². The molecule has 1 aromatic carbocycles. The molecule has 3 heteroatoms. The van der Waals surface area contributed by atoms with Crippen LogP contribution in [0.4, 0.5) is 0 Å². The zero-order valence-corrected chi connectivity index (χ0v) is 11.7. The van der Waals surface area contributed by atoms with Crippen molar-refractivity contribution in [2.75, 3.05) is 19.6 Å². The number of aryl methyl sites for hydroxylation is 1. The largest absolute Gasteiger partial charge is 0.356 e. The number of amides is 1. The Bertz CT molecular complexity index is 417. The molecule has 0 bridgehead atoms. The van der Waals surface area contributed by atoms with Gasteiger partial charge in [0, 0.05) is 12.5 Å². The Hall–Kier alpha value is -1.35. The van der Waals surface area contributed by atoms with Crippen LogP contribution in [0.5, 0.6) is 0 Å². The highest BCUT2D eigenvalue weighted by Gasteiger charge is 2.23. The first-order valence-corrected chi connectivity index (χ1v) is 7.36. The van der Waals surface area contributed by atoms with Crippen LogP contribution in [0, 0.1) is 5.92 Å².